The quantitative estimate of drug-likeness (QED) is 0.559. The second-order valence-electron chi connectivity index (χ2n) is 6.96. The standard InChI is InChI=1S/C21H16Cl2FN3O3/c22-13-4-6-17(15(23)11-13)27-20(29)14(19(28)25-21(27)30)9-12-3-5-18(16(24)10-12)26-7-1-2-8-26/h3-6,9-11H,1-2,7-8H2,(H,25,28,30)/b14-9+. The number of nitrogens with zero attached hydrogens (tertiary/aromatic N) is 2. The molecule has 2 heterocycles. The summed E-state index contributed by atoms with van der Waals surface area (Å²) in [5.74, 6) is -2.17. The average Bonchev–Trinajstić information content (AvgIpc) is 3.21. The molecule has 0 aromatic heterocycles. The lowest BCUT2D eigenvalue weighted by molar-refractivity contribution is -0.122. The van der Waals surface area contributed by atoms with Crippen LogP contribution in [0.2, 0.25) is 10.0 Å². The number of hydrogen-bond acceptors (Lipinski definition) is 4. The van der Waals surface area contributed by atoms with Crippen LogP contribution in [0.25, 0.3) is 6.08 Å². The minimum Gasteiger partial charge on any atom is -0.369 e. The molecule has 0 bridgehead atoms. The van der Waals surface area contributed by atoms with E-state index in [2.05, 4.69) is 5.32 Å². The number of hydrogen-bond donors (Lipinski definition) is 1. The van der Waals surface area contributed by atoms with Crippen molar-refractivity contribution in [1.82, 2.24) is 5.32 Å². The van der Waals surface area contributed by atoms with Gasteiger partial charge in [-0.1, -0.05) is 29.3 Å². The number of halogens is 3. The van der Waals surface area contributed by atoms with Crippen LogP contribution in [-0.4, -0.2) is 30.9 Å². The molecule has 0 aliphatic carbocycles. The lowest BCUT2D eigenvalue weighted by Crippen LogP contribution is -2.54. The fourth-order valence-electron chi connectivity index (χ4n) is 3.53. The van der Waals surface area contributed by atoms with Crippen molar-refractivity contribution in [3.05, 3.63) is 63.4 Å². The monoisotopic (exact) mass is 447 g/mol. The molecule has 2 aliphatic heterocycles. The van der Waals surface area contributed by atoms with Gasteiger partial charge in [-0.25, -0.2) is 14.1 Å². The molecule has 2 fully saturated rings. The molecule has 1 N–H and O–H groups in total. The van der Waals surface area contributed by atoms with Crippen molar-refractivity contribution >= 4 is 58.5 Å². The van der Waals surface area contributed by atoms with Crippen LogP contribution in [0.4, 0.5) is 20.6 Å². The zero-order valence-electron chi connectivity index (χ0n) is 15.6. The maximum Gasteiger partial charge on any atom is 0.335 e. The smallest absolute Gasteiger partial charge is 0.335 e. The largest absolute Gasteiger partial charge is 0.369 e. The van der Waals surface area contributed by atoms with Gasteiger partial charge in [-0.15, -0.1) is 0 Å². The molecule has 0 saturated carbocycles. The topological polar surface area (TPSA) is 69.7 Å². The maximum absolute atomic E-state index is 14.6. The van der Waals surface area contributed by atoms with Gasteiger partial charge in [0.05, 0.1) is 16.4 Å². The number of carbonyl (C=O) groups is 3. The Bertz CT molecular complexity index is 1100. The van der Waals surface area contributed by atoms with E-state index in [0.717, 1.165) is 30.8 Å². The summed E-state index contributed by atoms with van der Waals surface area (Å²) in [7, 11) is 0. The van der Waals surface area contributed by atoms with Crippen LogP contribution in [0.5, 0.6) is 0 Å². The molecule has 2 aromatic rings. The number of rotatable bonds is 3. The first-order chi connectivity index (χ1) is 14.3. The molecular formula is C21H16Cl2FN3O3. The van der Waals surface area contributed by atoms with Gasteiger partial charge in [0.1, 0.15) is 11.4 Å². The molecule has 2 saturated heterocycles. The van der Waals surface area contributed by atoms with Crippen molar-refractivity contribution in [2.45, 2.75) is 12.8 Å². The van der Waals surface area contributed by atoms with Crippen LogP contribution < -0.4 is 15.1 Å². The molecule has 2 aliphatic rings. The van der Waals surface area contributed by atoms with Gasteiger partial charge < -0.3 is 4.90 Å². The Morgan fingerprint density at radius 2 is 1.67 bits per heavy atom. The van der Waals surface area contributed by atoms with Gasteiger partial charge in [0, 0.05) is 18.1 Å². The van der Waals surface area contributed by atoms with Gasteiger partial charge in [0.25, 0.3) is 11.8 Å². The third kappa shape index (κ3) is 3.78. The minimum absolute atomic E-state index is 0.0701. The normalized spacial score (nSPS) is 18.4. The van der Waals surface area contributed by atoms with E-state index in [1.165, 1.54) is 30.3 Å². The second kappa shape index (κ2) is 8.08. The van der Waals surface area contributed by atoms with Gasteiger partial charge in [-0.3, -0.25) is 14.9 Å². The number of barbiturate groups is 1. The van der Waals surface area contributed by atoms with E-state index in [-0.39, 0.29) is 16.3 Å². The number of urea groups is 1. The molecule has 6 nitrogen and oxygen atoms in total. The summed E-state index contributed by atoms with van der Waals surface area (Å²) in [6.45, 7) is 1.58. The zero-order valence-corrected chi connectivity index (χ0v) is 17.1. The number of anilines is 2. The Morgan fingerprint density at radius 1 is 0.967 bits per heavy atom. The predicted molar refractivity (Wildman–Crippen MR) is 113 cm³/mol. The van der Waals surface area contributed by atoms with Crippen molar-refractivity contribution in [3.8, 4) is 0 Å². The van der Waals surface area contributed by atoms with E-state index >= 15 is 0 Å². The van der Waals surface area contributed by atoms with Crippen molar-refractivity contribution in [2.24, 2.45) is 0 Å². The van der Waals surface area contributed by atoms with Crippen LogP contribution in [0, 0.1) is 5.82 Å². The lowest BCUT2D eigenvalue weighted by atomic mass is 10.1. The molecule has 30 heavy (non-hydrogen) atoms. The highest BCUT2D eigenvalue weighted by molar-refractivity contribution is 6.42. The highest BCUT2D eigenvalue weighted by atomic mass is 35.5. The third-order valence-electron chi connectivity index (χ3n) is 4.98. The summed E-state index contributed by atoms with van der Waals surface area (Å²) in [5.41, 5.74) is 0.579. The van der Waals surface area contributed by atoms with Gasteiger partial charge in [-0.05, 0) is 54.8 Å². The molecular weight excluding hydrogens is 432 g/mol. The Kier molecular flexibility index (Phi) is 5.49. The first-order valence-electron chi connectivity index (χ1n) is 9.26. The van der Waals surface area contributed by atoms with E-state index < -0.39 is 23.7 Å². The fraction of sp³-hybridized carbons (Fsp3) is 0.190. The first-order valence-corrected chi connectivity index (χ1v) is 10.0. The molecule has 154 valence electrons. The van der Waals surface area contributed by atoms with E-state index in [1.54, 1.807) is 12.1 Å². The van der Waals surface area contributed by atoms with Crippen LogP contribution in [0.1, 0.15) is 18.4 Å². The van der Waals surface area contributed by atoms with E-state index in [4.69, 9.17) is 23.2 Å². The van der Waals surface area contributed by atoms with Gasteiger partial charge in [0.2, 0.25) is 0 Å². The summed E-state index contributed by atoms with van der Waals surface area (Å²) in [6, 6.07) is 7.83. The first kappa shape index (κ1) is 20.4. The number of carbonyl (C=O) groups excluding carboxylic acids is 3. The van der Waals surface area contributed by atoms with Crippen molar-refractivity contribution in [2.75, 3.05) is 22.9 Å². The van der Waals surface area contributed by atoms with E-state index in [0.29, 0.717) is 16.3 Å². The summed E-state index contributed by atoms with van der Waals surface area (Å²) in [6.07, 6.45) is 3.27. The number of benzene rings is 2. The maximum atomic E-state index is 14.6. The molecule has 4 amide bonds. The lowest BCUT2D eigenvalue weighted by Gasteiger charge is -2.27. The van der Waals surface area contributed by atoms with Crippen molar-refractivity contribution in [3.63, 3.8) is 0 Å². The van der Waals surface area contributed by atoms with Crippen LogP contribution in [0.3, 0.4) is 0 Å². The molecule has 0 spiro atoms. The number of amides is 4. The number of imide groups is 2. The molecule has 0 radical (unpaired) electrons. The summed E-state index contributed by atoms with van der Waals surface area (Å²) >= 11 is 12.0. The number of nitrogens with one attached hydrogen (secondary N) is 1. The molecule has 9 heteroatoms. The van der Waals surface area contributed by atoms with Gasteiger partial charge in [-0.2, -0.15) is 0 Å². The minimum atomic E-state index is -0.929. The van der Waals surface area contributed by atoms with Gasteiger partial charge >= 0.3 is 6.03 Å². The van der Waals surface area contributed by atoms with E-state index in [1.807, 2.05) is 4.90 Å². The van der Waals surface area contributed by atoms with Crippen LogP contribution >= 0.6 is 23.2 Å². The second-order valence-corrected chi connectivity index (χ2v) is 7.80. The Labute approximate surface area is 181 Å². The SMILES string of the molecule is O=C1NC(=O)N(c2ccc(Cl)cc2Cl)C(=O)/C1=C/c1ccc(N2CCCC2)c(F)c1. The van der Waals surface area contributed by atoms with E-state index in [9.17, 15) is 18.8 Å². The van der Waals surface area contributed by atoms with Crippen LogP contribution in [0.15, 0.2) is 42.0 Å². The fourth-order valence-corrected chi connectivity index (χ4v) is 4.03. The highest BCUT2D eigenvalue weighted by Crippen LogP contribution is 2.32. The summed E-state index contributed by atoms with van der Waals surface area (Å²) < 4.78 is 14.6. The van der Waals surface area contributed by atoms with Gasteiger partial charge in [0.15, 0.2) is 0 Å². The van der Waals surface area contributed by atoms with Crippen molar-refractivity contribution in [1.29, 1.82) is 0 Å². The molecule has 4 rings (SSSR count). The third-order valence-corrected chi connectivity index (χ3v) is 5.52. The summed E-state index contributed by atoms with van der Waals surface area (Å²) in [5, 5.41) is 2.50. The highest BCUT2D eigenvalue weighted by Gasteiger charge is 2.37. The van der Waals surface area contributed by atoms with Crippen molar-refractivity contribution < 1.29 is 18.8 Å². The molecule has 2 aromatic carbocycles. The van der Waals surface area contributed by atoms with Crippen LogP contribution in [-0.2, 0) is 9.59 Å². The Morgan fingerprint density at radius 3 is 2.33 bits per heavy atom. The Hall–Kier alpha value is -2.90. The molecule has 0 unspecified atom stereocenters. The zero-order chi connectivity index (χ0) is 21.4. The summed E-state index contributed by atoms with van der Waals surface area (Å²) in [4.78, 5) is 40.2. The molecule has 0 atom stereocenters. The predicted octanol–water partition coefficient (Wildman–Crippen LogP) is 4.40. The Balaban J connectivity index is 1.68. The average molecular weight is 448 g/mol.